The highest BCUT2D eigenvalue weighted by atomic mass is 16.5. The SMILES string of the molecule is N#Cc1ncccc1COCC1(N)CCCC1. The Labute approximate surface area is 101 Å². The molecule has 0 spiro atoms. The van der Waals surface area contributed by atoms with E-state index in [0.29, 0.717) is 18.9 Å². The van der Waals surface area contributed by atoms with Crippen molar-refractivity contribution in [2.24, 2.45) is 5.73 Å². The van der Waals surface area contributed by atoms with Gasteiger partial charge in [-0.25, -0.2) is 4.98 Å². The Balaban J connectivity index is 1.88. The maximum atomic E-state index is 8.89. The fraction of sp³-hybridized carbons (Fsp3) is 0.538. The number of pyridine rings is 1. The molecule has 0 bridgehead atoms. The zero-order chi connectivity index (χ0) is 12.1. The van der Waals surface area contributed by atoms with Gasteiger partial charge in [0.2, 0.25) is 0 Å². The van der Waals surface area contributed by atoms with Crippen LogP contribution in [0.25, 0.3) is 0 Å². The average Bonchev–Trinajstić information content (AvgIpc) is 2.77. The van der Waals surface area contributed by atoms with E-state index in [1.807, 2.05) is 12.1 Å². The number of hydrogen-bond acceptors (Lipinski definition) is 4. The minimum atomic E-state index is -0.158. The van der Waals surface area contributed by atoms with Crippen molar-refractivity contribution in [3.8, 4) is 6.07 Å². The third-order valence-corrected chi connectivity index (χ3v) is 3.24. The van der Waals surface area contributed by atoms with Crippen LogP contribution in [0.15, 0.2) is 18.3 Å². The number of nitrogens with zero attached hydrogens (tertiary/aromatic N) is 2. The summed E-state index contributed by atoms with van der Waals surface area (Å²) in [5, 5.41) is 8.89. The largest absolute Gasteiger partial charge is 0.375 e. The van der Waals surface area contributed by atoms with Gasteiger partial charge in [0.1, 0.15) is 11.8 Å². The molecule has 2 N–H and O–H groups in total. The Morgan fingerprint density at radius 2 is 2.24 bits per heavy atom. The summed E-state index contributed by atoms with van der Waals surface area (Å²) in [4.78, 5) is 3.99. The predicted molar refractivity (Wildman–Crippen MR) is 64.0 cm³/mol. The first-order valence-electron chi connectivity index (χ1n) is 5.94. The molecule has 0 atom stereocenters. The molecule has 0 unspecified atom stereocenters. The molecule has 90 valence electrons. The van der Waals surface area contributed by atoms with E-state index in [9.17, 15) is 0 Å². The molecule has 2 rings (SSSR count). The van der Waals surface area contributed by atoms with E-state index >= 15 is 0 Å². The predicted octanol–water partition coefficient (Wildman–Crippen LogP) is 1.74. The highest BCUT2D eigenvalue weighted by molar-refractivity contribution is 5.29. The molecule has 0 radical (unpaired) electrons. The van der Waals surface area contributed by atoms with Gasteiger partial charge in [0.25, 0.3) is 0 Å². The van der Waals surface area contributed by atoms with Gasteiger partial charge in [-0.1, -0.05) is 18.9 Å². The lowest BCUT2D eigenvalue weighted by atomic mass is 10.0. The van der Waals surface area contributed by atoms with Crippen molar-refractivity contribution in [1.82, 2.24) is 4.98 Å². The summed E-state index contributed by atoms with van der Waals surface area (Å²) >= 11 is 0. The van der Waals surface area contributed by atoms with Gasteiger partial charge in [-0.2, -0.15) is 5.26 Å². The second-order valence-corrected chi connectivity index (χ2v) is 4.69. The number of aromatic nitrogens is 1. The van der Waals surface area contributed by atoms with Crippen molar-refractivity contribution >= 4 is 0 Å². The first kappa shape index (κ1) is 12.0. The summed E-state index contributed by atoms with van der Waals surface area (Å²) < 4.78 is 5.63. The van der Waals surface area contributed by atoms with Gasteiger partial charge >= 0.3 is 0 Å². The Kier molecular flexibility index (Phi) is 3.72. The van der Waals surface area contributed by atoms with E-state index in [1.165, 1.54) is 12.8 Å². The van der Waals surface area contributed by atoms with Gasteiger partial charge in [-0.15, -0.1) is 0 Å². The number of nitrogens with two attached hydrogens (primary N) is 1. The van der Waals surface area contributed by atoms with Gasteiger partial charge in [0.15, 0.2) is 0 Å². The minimum absolute atomic E-state index is 0.158. The molecule has 1 saturated carbocycles. The Hall–Kier alpha value is -1.44. The van der Waals surface area contributed by atoms with E-state index in [2.05, 4.69) is 11.1 Å². The molecule has 1 aliphatic rings. The smallest absolute Gasteiger partial charge is 0.145 e. The Morgan fingerprint density at radius 1 is 1.47 bits per heavy atom. The summed E-state index contributed by atoms with van der Waals surface area (Å²) in [6.07, 6.45) is 6.06. The lowest BCUT2D eigenvalue weighted by molar-refractivity contribution is 0.0748. The molecule has 0 saturated heterocycles. The second-order valence-electron chi connectivity index (χ2n) is 4.69. The molecule has 0 amide bonds. The summed E-state index contributed by atoms with van der Waals surface area (Å²) in [5.41, 5.74) is 7.30. The molecule has 1 fully saturated rings. The van der Waals surface area contributed by atoms with Gasteiger partial charge in [-0.05, 0) is 18.9 Å². The molecule has 1 aromatic heterocycles. The van der Waals surface area contributed by atoms with Crippen LogP contribution in [-0.2, 0) is 11.3 Å². The van der Waals surface area contributed by atoms with E-state index < -0.39 is 0 Å². The van der Waals surface area contributed by atoms with Gasteiger partial charge < -0.3 is 10.5 Å². The summed E-state index contributed by atoms with van der Waals surface area (Å²) in [5.74, 6) is 0. The van der Waals surface area contributed by atoms with Crippen LogP contribution in [0.2, 0.25) is 0 Å². The normalized spacial score (nSPS) is 17.9. The molecule has 1 aromatic rings. The maximum Gasteiger partial charge on any atom is 0.145 e. The standard InChI is InChI=1S/C13H17N3O/c14-8-12-11(4-3-7-16-12)9-17-10-13(15)5-1-2-6-13/h3-4,7H,1-2,5-6,9-10,15H2. The van der Waals surface area contributed by atoms with Gasteiger partial charge in [-0.3, -0.25) is 0 Å². The van der Waals surface area contributed by atoms with Crippen molar-refractivity contribution in [2.75, 3.05) is 6.61 Å². The fourth-order valence-electron chi connectivity index (χ4n) is 2.24. The number of nitriles is 1. The van der Waals surface area contributed by atoms with E-state index in [0.717, 1.165) is 18.4 Å². The molecule has 17 heavy (non-hydrogen) atoms. The summed E-state index contributed by atoms with van der Waals surface area (Å²) in [6.45, 7) is 0.975. The fourth-order valence-corrected chi connectivity index (χ4v) is 2.24. The quantitative estimate of drug-likeness (QED) is 0.856. The number of rotatable bonds is 4. The molecule has 4 heteroatoms. The molecule has 1 heterocycles. The van der Waals surface area contributed by atoms with Crippen LogP contribution in [0.5, 0.6) is 0 Å². The van der Waals surface area contributed by atoms with E-state index in [4.69, 9.17) is 15.7 Å². The molecular formula is C13H17N3O. The first-order valence-corrected chi connectivity index (χ1v) is 5.94. The van der Waals surface area contributed by atoms with Crippen molar-refractivity contribution in [1.29, 1.82) is 5.26 Å². The van der Waals surface area contributed by atoms with Crippen LogP contribution in [0, 0.1) is 11.3 Å². The van der Waals surface area contributed by atoms with Crippen LogP contribution in [0.3, 0.4) is 0 Å². The highest BCUT2D eigenvalue weighted by Crippen LogP contribution is 2.27. The highest BCUT2D eigenvalue weighted by Gasteiger charge is 2.29. The minimum Gasteiger partial charge on any atom is -0.375 e. The molecule has 0 aliphatic heterocycles. The van der Waals surface area contributed by atoms with Crippen LogP contribution in [0.4, 0.5) is 0 Å². The monoisotopic (exact) mass is 231 g/mol. The summed E-state index contributed by atoms with van der Waals surface area (Å²) in [7, 11) is 0. The third-order valence-electron chi connectivity index (χ3n) is 3.24. The second kappa shape index (κ2) is 5.26. The lowest BCUT2D eigenvalue weighted by Gasteiger charge is -2.23. The van der Waals surface area contributed by atoms with Crippen molar-refractivity contribution in [3.63, 3.8) is 0 Å². The molecular weight excluding hydrogens is 214 g/mol. The van der Waals surface area contributed by atoms with Crippen LogP contribution < -0.4 is 5.73 Å². The lowest BCUT2D eigenvalue weighted by Crippen LogP contribution is -2.41. The van der Waals surface area contributed by atoms with Crippen molar-refractivity contribution < 1.29 is 4.74 Å². The Bertz CT molecular complexity index is 419. The third kappa shape index (κ3) is 3.02. The summed E-state index contributed by atoms with van der Waals surface area (Å²) in [6, 6.07) is 5.74. The first-order chi connectivity index (χ1) is 8.23. The molecule has 4 nitrogen and oxygen atoms in total. The number of hydrogen-bond donors (Lipinski definition) is 1. The van der Waals surface area contributed by atoms with Crippen LogP contribution in [0.1, 0.15) is 36.9 Å². The van der Waals surface area contributed by atoms with Gasteiger partial charge in [0, 0.05) is 17.3 Å². The van der Waals surface area contributed by atoms with Crippen LogP contribution in [-0.4, -0.2) is 17.1 Å². The molecule has 1 aliphatic carbocycles. The average molecular weight is 231 g/mol. The zero-order valence-corrected chi connectivity index (χ0v) is 9.85. The van der Waals surface area contributed by atoms with E-state index in [-0.39, 0.29) is 5.54 Å². The van der Waals surface area contributed by atoms with Crippen LogP contribution >= 0.6 is 0 Å². The van der Waals surface area contributed by atoms with Crippen molar-refractivity contribution in [3.05, 3.63) is 29.6 Å². The van der Waals surface area contributed by atoms with E-state index in [1.54, 1.807) is 6.20 Å². The number of ether oxygens (including phenoxy) is 1. The maximum absolute atomic E-state index is 8.89. The topological polar surface area (TPSA) is 71.9 Å². The van der Waals surface area contributed by atoms with Gasteiger partial charge in [0.05, 0.1) is 13.2 Å². The van der Waals surface area contributed by atoms with Crippen molar-refractivity contribution in [2.45, 2.75) is 37.8 Å². The zero-order valence-electron chi connectivity index (χ0n) is 9.85. The Morgan fingerprint density at radius 3 is 2.94 bits per heavy atom. The molecule has 0 aromatic carbocycles.